The minimum absolute atomic E-state index is 0.135. The summed E-state index contributed by atoms with van der Waals surface area (Å²) in [7, 11) is 0. The molecular weight excluding hydrogens is 358 g/mol. The van der Waals surface area contributed by atoms with Crippen molar-refractivity contribution in [3.8, 4) is 0 Å². The van der Waals surface area contributed by atoms with Crippen molar-refractivity contribution in [1.29, 1.82) is 0 Å². The molecule has 2 rings (SSSR count). The quantitative estimate of drug-likeness (QED) is 0.777. The van der Waals surface area contributed by atoms with Crippen LogP contribution in [0.3, 0.4) is 0 Å². The number of aliphatic hydroxyl groups is 1. The van der Waals surface area contributed by atoms with Crippen molar-refractivity contribution in [2.75, 3.05) is 6.61 Å². The Balaban J connectivity index is 2.44. The molecule has 0 radical (unpaired) electrons. The summed E-state index contributed by atoms with van der Waals surface area (Å²) in [6.07, 6.45) is 0.335. The number of hydrogen-bond donors (Lipinski definition) is 1. The van der Waals surface area contributed by atoms with Gasteiger partial charge in [0.2, 0.25) is 0 Å². The van der Waals surface area contributed by atoms with E-state index < -0.39 is 29.9 Å². The highest BCUT2D eigenvalue weighted by Gasteiger charge is 2.28. The molecule has 0 aliphatic carbocycles. The van der Waals surface area contributed by atoms with Crippen molar-refractivity contribution in [3.05, 3.63) is 44.2 Å². The van der Waals surface area contributed by atoms with Crippen molar-refractivity contribution in [2.45, 2.75) is 19.6 Å². The van der Waals surface area contributed by atoms with E-state index >= 15 is 0 Å². The van der Waals surface area contributed by atoms with E-state index in [0.29, 0.717) is 5.56 Å². The van der Waals surface area contributed by atoms with Crippen LogP contribution in [0.5, 0.6) is 0 Å². The molecule has 0 fully saturated rings. The number of nitrogens with zero attached hydrogens (tertiary/aromatic N) is 2. The minimum atomic E-state index is -0.861. The van der Waals surface area contributed by atoms with Crippen molar-refractivity contribution in [1.82, 2.24) is 7.35 Å². The van der Waals surface area contributed by atoms with Crippen molar-refractivity contribution in [2.24, 2.45) is 0 Å². The van der Waals surface area contributed by atoms with Crippen LogP contribution in [-0.2, 0) is 4.74 Å². The van der Waals surface area contributed by atoms with Gasteiger partial charge in [-0.1, -0.05) is 0 Å². The highest BCUT2D eigenvalue weighted by molar-refractivity contribution is 14.1. The highest BCUT2D eigenvalue weighted by atomic mass is 127. The lowest BCUT2D eigenvalue weighted by molar-refractivity contribution is 0.0588. The molecule has 1 unspecified atom stereocenters. The largest absolute Gasteiger partial charge is 0.469 e. The van der Waals surface area contributed by atoms with E-state index in [2.05, 4.69) is 0 Å². The molecule has 1 aromatic rings. The van der Waals surface area contributed by atoms with E-state index in [1.54, 1.807) is 29.8 Å². The molecule has 98 valence electrons. The minimum Gasteiger partial charge on any atom is -0.469 e. The molecular formula is C10H10FIN2O4. The number of aromatic nitrogens is 2. The van der Waals surface area contributed by atoms with Gasteiger partial charge in [-0.25, -0.2) is 9.18 Å². The number of aliphatic hydroxyl groups excluding tert-OH is 1. The number of halogens is 2. The summed E-state index contributed by atoms with van der Waals surface area (Å²) in [4.78, 5) is 23.4. The monoisotopic (exact) mass is 368 g/mol. The Kier molecular flexibility index (Phi) is 3.57. The average Bonchev–Trinajstić information content (AvgIpc) is 2.72. The van der Waals surface area contributed by atoms with E-state index in [4.69, 9.17) is 9.84 Å². The van der Waals surface area contributed by atoms with Crippen LogP contribution in [-0.4, -0.2) is 19.1 Å². The van der Waals surface area contributed by atoms with Gasteiger partial charge in [-0.15, -0.1) is 0 Å². The maximum Gasteiger partial charge on any atom is 0.343 e. The molecule has 2 heterocycles. The highest BCUT2D eigenvalue weighted by Crippen LogP contribution is 2.31. The molecule has 0 saturated carbocycles. The first-order valence-corrected chi connectivity index (χ1v) is 6.08. The maximum absolute atomic E-state index is 13.3. The summed E-state index contributed by atoms with van der Waals surface area (Å²) in [5.41, 5.74) is -0.653. The Morgan fingerprint density at radius 1 is 1.61 bits per heavy atom. The second-order valence-corrected chi connectivity index (χ2v) is 4.82. The van der Waals surface area contributed by atoms with Gasteiger partial charge in [-0.3, -0.25) is 9.36 Å². The zero-order valence-corrected chi connectivity index (χ0v) is 11.5. The third-order valence-electron chi connectivity index (χ3n) is 2.63. The van der Waals surface area contributed by atoms with Gasteiger partial charge in [0.1, 0.15) is 12.4 Å². The first-order valence-electron chi connectivity index (χ1n) is 5.11. The lowest BCUT2D eigenvalue weighted by Gasteiger charge is -2.15. The molecule has 6 nitrogen and oxygen atoms in total. The standard InChI is InChI=1S/C10H10FIN2O4/c1-5-3-13(10(17)14(12)9(5)16)8-2-6(11)7(4-15)18-8/h3,8,15H,2,4H2,1H3. The third kappa shape index (κ3) is 2.09. The van der Waals surface area contributed by atoms with E-state index in [1.807, 2.05) is 0 Å². The molecule has 0 saturated heterocycles. The van der Waals surface area contributed by atoms with E-state index in [9.17, 15) is 14.0 Å². The molecule has 1 aliphatic rings. The second kappa shape index (κ2) is 4.84. The maximum atomic E-state index is 13.3. The Labute approximate surface area is 115 Å². The lowest BCUT2D eigenvalue weighted by atomic mass is 10.3. The van der Waals surface area contributed by atoms with Crippen molar-refractivity contribution >= 4 is 22.9 Å². The van der Waals surface area contributed by atoms with Crippen LogP contribution in [0.15, 0.2) is 27.4 Å². The molecule has 0 amide bonds. The Morgan fingerprint density at radius 3 is 2.83 bits per heavy atom. The van der Waals surface area contributed by atoms with Gasteiger partial charge in [0.15, 0.2) is 12.0 Å². The van der Waals surface area contributed by atoms with Crippen LogP contribution in [0.25, 0.3) is 0 Å². The van der Waals surface area contributed by atoms with E-state index in [1.165, 1.54) is 6.20 Å². The molecule has 1 atom stereocenters. The average molecular weight is 368 g/mol. The summed E-state index contributed by atoms with van der Waals surface area (Å²) >= 11 is 1.58. The van der Waals surface area contributed by atoms with Crippen LogP contribution < -0.4 is 11.2 Å². The Hall–Kier alpha value is -1.16. The smallest absolute Gasteiger partial charge is 0.343 e. The zero-order chi connectivity index (χ0) is 13.4. The van der Waals surface area contributed by atoms with Gasteiger partial charge in [-0.2, -0.15) is 2.78 Å². The number of aryl methyl sites for hydroxylation is 1. The van der Waals surface area contributed by atoms with Crippen LogP contribution in [0.4, 0.5) is 4.39 Å². The van der Waals surface area contributed by atoms with E-state index in [-0.39, 0.29) is 12.2 Å². The van der Waals surface area contributed by atoms with Gasteiger partial charge in [0.05, 0.1) is 29.3 Å². The fraction of sp³-hybridized carbons (Fsp3) is 0.400. The Bertz CT molecular complexity index is 634. The second-order valence-electron chi connectivity index (χ2n) is 3.85. The first kappa shape index (κ1) is 13.3. The predicted molar refractivity (Wildman–Crippen MR) is 69.1 cm³/mol. The summed E-state index contributed by atoms with van der Waals surface area (Å²) in [5.74, 6) is -0.756. The fourth-order valence-corrected chi connectivity index (χ4v) is 2.31. The first-order chi connectivity index (χ1) is 8.45. The molecule has 18 heavy (non-hydrogen) atoms. The SMILES string of the molecule is Cc1cn(C2CC(F)=C(CO)O2)c(=O)n(I)c1=O. The molecule has 8 heteroatoms. The number of hydrogen-bond acceptors (Lipinski definition) is 4. The molecule has 1 N–H and O–H groups in total. The van der Waals surface area contributed by atoms with Crippen LogP contribution in [0.1, 0.15) is 18.2 Å². The van der Waals surface area contributed by atoms with Gasteiger partial charge in [-0.05, 0) is 6.92 Å². The van der Waals surface area contributed by atoms with Crippen molar-refractivity contribution < 1.29 is 14.2 Å². The summed E-state index contributed by atoms with van der Waals surface area (Å²) in [6.45, 7) is 0.999. The summed E-state index contributed by atoms with van der Waals surface area (Å²) < 4.78 is 20.5. The van der Waals surface area contributed by atoms with Crippen molar-refractivity contribution in [3.63, 3.8) is 0 Å². The van der Waals surface area contributed by atoms with Crippen LogP contribution in [0, 0.1) is 6.92 Å². The molecule has 1 aromatic heterocycles. The number of ether oxygens (including phenoxy) is 1. The van der Waals surface area contributed by atoms with Gasteiger partial charge < -0.3 is 9.84 Å². The van der Waals surface area contributed by atoms with Crippen LogP contribution in [0.2, 0.25) is 0 Å². The molecule has 1 aliphatic heterocycles. The van der Waals surface area contributed by atoms with Gasteiger partial charge >= 0.3 is 5.69 Å². The Morgan fingerprint density at radius 2 is 2.28 bits per heavy atom. The summed E-state index contributed by atoms with van der Waals surface area (Å²) in [5, 5.41) is 8.86. The topological polar surface area (TPSA) is 73.5 Å². The lowest BCUT2D eigenvalue weighted by Crippen LogP contribution is -2.37. The van der Waals surface area contributed by atoms with Crippen LogP contribution >= 0.6 is 22.9 Å². The van der Waals surface area contributed by atoms with E-state index in [0.717, 1.165) is 7.35 Å². The predicted octanol–water partition coefficient (Wildman–Crippen LogP) is 0.609. The van der Waals surface area contributed by atoms with Gasteiger partial charge in [0.25, 0.3) is 5.56 Å². The molecule has 0 spiro atoms. The zero-order valence-electron chi connectivity index (χ0n) is 9.39. The fourth-order valence-electron chi connectivity index (χ4n) is 1.68. The molecule has 0 bridgehead atoms. The third-order valence-corrected chi connectivity index (χ3v) is 3.48. The summed E-state index contributed by atoms with van der Waals surface area (Å²) in [6, 6.07) is 0. The molecule has 0 aromatic carbocycles. The van der Waals surface area contributed by atoms with Gasteiger partial charge in [0, 0.05) is 11.8 Å². The number of rotatable bonds is 2. The normalized spacial score (nSPS) is 19.2.